The van der Waals surface area contributed by atoms with Crippen LogP contribution < -0.4 is 5.32 Å². The summed E-state index contributed by atoms with van der Waals surface area (Å²) >= 11 is 2.43. The predicted octanol–water partition coefficient (Wildman–Crippen LogP) is 3.71. The average Bonchev–Trinajstić information content (AvgIpc) is 2.23. The van der Waals surface area contributed by atoms with Crippen LogP contribution in [0.1, 0.15) is 25.7 Å². The summed E-state index contributed by atoms with van der Waals surface area (Å²) in [6.07, 6.45) is 6.82. The van der Waals surface area contributed by atoms with Crippen LogP contribution in [-0.2, 0) is 0 Å². The van der Waals surface area contributed by atoms with E-state index in [-0.39, 0.29) is 0 Å². The molecule has 3 heteroatoms. The normalized spacial score (nSPS) is 16.9. The van der Waals surface area contributed by atoms with Crippen LogP contribution >= 0.6 is 22.6 Å². The van der Waals surface area contributed by atoms with Crippen molar-refractivity contribution < 1.29 is 0 Å². The van der Waals surface area contributed by atoms with Gasteiger partial charge in [-0.05, 0) is 60.4 Å². The Bertz CT molecular complexity index is 332. The fraction of sp³-hybridized carbons (Fsp3) is 0.364. The molecule has 0 saturated carbocycles. The van der Waals surface area contributed by atoms with Gasteiger partial charge in [-0.2, -0.15) is 0 Å². The summed E-state index contributed by atoms with van der Waals surface area (Å²) in [5, 5.41) is 3.39. The minimum absolute atomic E-state index is 0.957. The zero-order chi connectivity index (χ0) is 9.80. The second kappa shape index (κ2) is 4.77. The number of hydrogen-bond donors (Lipinski definition) is 1. The summed E-state index contributed by atoms with van der Waals surface area (Å²) < 4.78 is 1.46. The highest BCUT2D eigenvalue weighted by Gasteiger charge is 2.10. The van der Waals surface area contributed by atoms with Crippen LogP contribution in [0.5, 0.6) is 0 Å². The number of rotatable bonds is 2. The highest BCUT2D eigenvalue weighted by molar-refractivity contribution is 14.1. The molecule has 1 N–H and O–H groups in total. The Morgan fingerprint density at radius 2 is 2.07 bits per heavy atom. The Morgan fingerprint density at radius 1 is 1.21 bits per heavy atom. The van der Waals surface area contributed by atoms with Crippen LogP contribution in [0.3, 0.4) is 0 Å². The van der Waals surface area contributed by atoms with Crippen molar-refractivity contribution in [3.63, 3.8) is 0 Å². The summed E-state index contributed by atoms with van der Waals surface area (Å²) in [5.41, 5.74) is 1.36. The number of anilines is 1. The smallest absolute Gasteiger partial charge is 0.130 e. The molecule has 1 aromatic heterocycles. The van der Waals surface area contributed by atoms with Gasteiger partial charge < -0.3 is 5.32 Å². The molecule has 0 radical (unpaired) electrons. The lowest BCUT2D eigenvalue weighted by molar-refractivity contribution is 0.700. The summed E-state index contributed by atoms with van der Waals surface area (Å²) in [6.45, 7) is 0. The average molecular weight is 300 g/mol. The van der Waals surface area contributed by atoms with Gasteiger partial charge in [0.15, 0.2) is 0 Å². The Balaban J connectivity index is 2.10. The third-order valence-electron chi connectivity index (χ3n) is 2.34. The van der Waals surface area contributed by atoms with Crippen molar-refractivity contribution in [1.29, 1.82) is 0 Å². The molecule has 74 valence electrons. The zero-order valence-corrected chi connectivity index (χ0v) is 10.1. The monoisotopic (exact) mass is 300 g/mol. The van der Waals surface area contributed by atoms with Gasteiger partial charge in [0.05, 0.1) is 0 Å². The summed E-state index contributed by atoms with van der Waals surface area (Å²) in [7, 11) is 0. The Kier molecular flexibility index (Phi) is 3.39. The third-order valence-corrected chi connectivity index (χ3v) is 3.53. The maximum absolute atomic E-state index is 4.26. The molecule has 1 aromatic rings. The number of nitrogens with one attached hydrogen (secondary N) is 1. The van der Waals surface area contributed by atoms with Crippen molar-refractivity contribution in [3.05, 3.63) is 33.7 Å². The van der Waals surface area contributed by atoms with E-state index in [9.17, 15) is 0 Å². The first kappa shape index (κ1) is 9.96. The molecule has 2 nitrogen and oxygen atoms in total. The summed E-state index contributed by atoms with van der Waals surface area (Å²) in [6, 6.07) is 5.95. The molecule has 0 aromatic carbocycles. The van der Waals surface area contributed by atoms with E-state index in [0.29, 0.717) is 0 Å². The highest BCUT2D eigenvalue weighted by atomic mass is 127. The number of aromatic nitrogens is 1. The number of allylic oxidation sites excluding steroid dienone is 2. The SMILES string of the molecule is IC1=C(Nc2ccccn2)CCCC1. The van der Waals surface area contributed by atoms with E-state index in [0.717, 1.165) is 12.2 Å². The molecule has 0 amide bonds. The quantitative estimate of drug-likeness (QED) is 0.842. The van der Waals surface area contributed by atoms with Gasteiger partial charge in [0.2, 0.25) is 0 Å². The molecule has 0 aliphatic heterocycles. The van der Waals surface area contributed by atoms with Crippen LogP contribution in [0.4, 0.5) is 5.82 Å². The van der Waals surface area contributed by atoms with E-state index < -0.39 is 0 Å². The Hall–Kier alpha value is -0.580. The lowest BCUT2D eigenvalue weighted by atomic mass is 10.0. The van der Waals surface area contributed by atoms with E-state index in [2.05, 4.69) is 32.9 Å². The van der Waals surface area contributed by atoms with E-state index in [1.54, 1.807) is 0 Å². The van der Waals surface area contributed by atoms with Gasteiger partial charge in [0, 0.05) is 15.5 Å². The van der Waals surface area contributed by atoms with Crippen molar-refractivity contribution in [2.75, 3.05) is 5.32 Å². The van der Waals surface area contributed by atoms with Crippen LogP contribution in [0.25, 0.3) is 0 Å². The van der Waals surface area contributed by atoms with Crippen LogP contribution in [-0.4, -0.2) is 4.98 Å². The Morgan fingerprint density at radius 3 is 2.79 bits per heavy atom. The molecule has 0 saturated heterocycles. The van der Waals surface area contributed by atoms with Gasteiger partial charge in [-0.3, -0.25) is 0 Å². The minimum Gasteiger partial charge on any atom is -0.343 e. The molecule has 1 aliphatic carbocycles. The van der Waals surface area contributed by atoms with E-state index >= 15 is 0 Å². The van der Waals surface area contributed by atoms with Crippen LogP contribution in [0.2, 0.25) is 0 Å². The van der Waals surface area contributed by atoms with Crippen molar-refractivity contribution >= 4 is 28.4 Å². The van der Waals surface area contributed by atoms with E-state index in [1.807, 2.05) is 24.4 Å². The van der Waals surface area contributed by atoms with Gasteiger partial charge in [-0.25, -0.2) is 4.98 Å². The lowest BCUT2D eigenvalue weighted by Crippen LogP contribution is -2.06. The Labute approximate surface area is 98.0 Å². The number of pyridine rings is 1. The predicted molar refractivity (Wildman–Crippen MR) is 67.4 cm³/mol. The molecule has 14 heavy (non-hydrogen) atoms. The number of nitrogens with zero attached hydrogens (tertiary/aromatic N) is 1. The van der Waals surface area contributed by atoms with Crippen molar-refractivity contribution in [2.45, 2.75) is 25.7 Å². The van der Waals surface area contributed by atoms with Crippen molar-refractivity contribution in [2.24, 2.45) is 0 Å². The highest BCUT2D eigenvalue weighted by Crippen LogP contribution is 2.29. The molecule has 0 spiro atoms. The van der Waals surface area contributed by atoms with Gasteiger partial charge in [0.1, 0.15) is 5.82 Å². The maximum atomic E-state index is 4.26. The van der Waals surface area contributed by atoms with Crippen molar-refractivity contribution in [1.82, 2.24) is 4.98 Å². The molecule has 0 atom stereocenters. The maximum Gasteiger partial charge on any atom is 0.130 e. The standard InChI is InChI=1S/C11H13IN2/c12-9-5-1-2-6-10(9)14-11-7-3-4-8-13-11/h3-4,7-8H,1-2,5-6H2,(H,13,14). The third kappa shape index (κ3) is 2.47. The molecular formula is C11H13IN2. The molecular weight excluding hydrogens is 287 g/mol. The molecule has 0 fully saturated rings. The number of hydrogen-bond acceptors (Lipinski definition) is 2. The largest absolute Gasteiger partial charge is 0.343 e. The van der Waals surface area contributed by atoms with Gasteiger partial charge in [0.25, 0.3) is 0 Å². The van der Waals surface area contributed by atoms with Gasteiger partial charge in [-0.15, -0.1) is 0 Å². The summed E-state index contributed by atoms with van der Waals surface area (Å²) in [5.74, 6) is 0.957. The zero-order valence-electron chi connectivity index (χ0n) is 7.96. The van der Waals surface area contributed by atoms with Gasteiger partial charge >= 0.3 is 0 Å². The van der Waals surface area contributed by atoms with E-state index in [4.69, 9.17) is 0 Å². The fourth-order valence-corrected chi connectivity index (χ4v) is 2.38. The second-order valence-electron chi connectivity index (χ2n) is 3.43. The lowest BCUT2D eigenvalue weighted by Gasteiger charge is -2.17. The van der Waals surface area contributed by atoms with Crippen molar-refractivity contribution in [3.8, 4) is 0 Å². The first-order valence-corrected chi connectivity index (χ1v) is 6.00. The van der Waals surface area contributed by atoms with Crippen LogP contribution in [0, 0.1) is 0 Å². The van der Waals surface area contributed by atoms with E-state index in [1.165, 1.54) is 28.5 Å². The molecule has 1 aliphatic rings. The van der Waals surface area contributed by atoms with Crippen LogP contribution in [0.15, 0.2) is 33.7 Å². The van der Waals surface area contributed by atoms with Gasteiger partial charge in [-0.1, -0.05) is 6.07 Å². The molecule has 2 rings (SSSR count). The topological polar surface area (TPSA) is 24.9 Å². The molecule has 1 heterocycles. The molecule has 0 bridgehead atoms. The fourth-order valence-electron chi connectivity index (χ4n) is 1.59. The summed E-state index contributed by atoms with van der Waals surface area (Å²) in [4.78, 5) is 4.26. The first-order chi connectivity index (χ1) is 6.86. The number of halogens is 1. The first-order valence-electron chi connectivity index (χ1n) is 4.92. The minimum atomic E-state index is 0.957. The second-order valence-corrected chi connectivity index (χ2v) is 4.73. The molecule has 0 unspecified atom stereocenters.